The molecule has 0 fully saturated rings. The maximum Gasteiger partial charge on any atom is 0.267 e. The topological polar surface area (TPSA) is 130 Å². The number of carbonyl (C=O) groups is 1. The molecule has 0 aliphatic heterocycles. The van der Waals surface area contributed by atoms with E-state index in [1.807, 2.05) is 35.5 Å². The van der Waals surface area contributed by atoms with Gasteiger partial charge in [-0.05, 0) is 25.5 Å². The first-order valence-corrected chi connectivity index (χ1v) is 9.21. The monoisotopic (exact) mass is 394 g/mol. The minimum absolute atomic E-state index is 0.0919. The van der Waals surface area contributed by atoms with Crippen LogP contribution in [0.2, 0.25) is 0 Å². The van der Waals surface area contributed by atoms with Gasteiger partial charge in [0.25, 0.3) is 5.91 Å². The molecule has 3 N–H and O–H groups in total. The number of aryl methyl sites for hydroxylation is 4. The summed E-state index contributed by atoms with van der Waals surface area (Å²) in [5.41, 5.74) is 9.37. The van der Waals surface area contributed by atoms with Gasteiger partial charge in [0, 0.05) is 38.8 Å². The minimum Gasteiger partial charge on any atom is -0.396 e. The number of rotatable bonds is 6. The number of aromatic nitrogens is 7. The predicted octanol–water partition coefficient (Wildman–Crippen LogP) is 1.02. The van der Waals surface area contributed by atoms with E-state index in [1.165, 1.54) is 0 Å². The highest BCUT2D eigenvalue weighted by Crippen LogP contribution is 2.29. The Hall–Kier alpha value is -3.53. The molecule has 0 bridgehead atoms. The fraction of sp³-hybridized carbons (Fsp3) is 0.316. The number of fused-ring (bicyclic) bond motifs is 1. The molecule has 4 aromatic heterocycles. The highest BCUT2D eigenvalue weighted by Gasteiger charge is 2.20. The van der Waals surface area contributed by atoms with Crippen LogP contribution in [0.25, 0.3) is 33.8 Å². The van der Waals surface area contributed by atoms with Crippen LogP contribution in [0.15, 0.2) is 24.5 Å². The molecule has 0 radical (unpaired) electrons. The number of imidazole rings is 1. The Morgan fingerprint density at radius 1 is 1.24 bits per heavy atom. The lowest BCUT2D eigenvalue weighted by molar-refractivity contribution is 0.0996. The molecule has 0 saturated heterocycles. The summed E-state index contributed by atoms with van der Waals surface area (Å²) in [5.74, 6) is -0.0184. The average molecular weight is 394 g/mol. The third kappa shape index (κ3) is 3.27. The Bertz CT molecular complexity index is 1220. The molecule has 0 saturated carbocycles. The van der Waals surface area contributed by atoms with Gasteiger partial charge in [-0.1, -0.05) is 0 Å². The highest BCUT2D eigenvalue weighted by atomic mass is 16.3. The van der Waals surface area contributed by atoms with Crippen molar-refractivity contribution in [2.24, 2.45) is 19.8 Å². The van der Waals surface area contributed by atoms with Crippen LogP contribution >= 0.6 is 0 Å². The second-order valence-electron chi connectivity index (χ2n) is 6.95. The van der Waals surface area contributed by atoms with E-state index in [9.17, 15) is 4.79 Å². The van der Waals surface area contributed by atoms with Crippen LogP contribution in [0.1, 0.15) is 22.6 Å². The summed E-state index contributed by atoms with van der Waals surface area (Å²) in [5, 5.41) is 18.7. The van der Waals surface area contributed by atoms with Crippen molar-refractivity contribution in [2.75, 3.05) is 6.61 Å². The zero-order chi connectivity index (χ0) is 20.7. The summed E-state index contributed by atoms with van der Waals surface area (Å²) in [6, 6.07) is 3.59. The molecule has 0 atom stereocenters. The van der Waals surface area contributed by atoms with Crippen molar-refractivity contribution in [3.63, 3.8) is 0 Å². The van der Waals surface area contributed by atoms with Gasteiger partial charge in [-0.15, -0.1) is 0 Å². The summed E-state index contributed by atoms with van der Waals surface area (Å²) in [4.78, 5) is 21.0. The number of nitrogens with zero attached hydrogens (tertiary/aromatic N) is 7. The number of primary amides is 1. The second-order valence-corrected chi connectivity index (χ2v) is 6.95. The molecule has 0 spiro atoms. The molecule has 150 valence electrons. The van der Waals surface area contributed by atoms with Crippen LogP contribution < -0.4 is 5.73 Å². The average Bonchev–Trinajstić information content (AvgIpc) is 3.36. The maximum atomic E-state index is 11.8. The van der Waals surface area contributed by atoms with Gasteiger partial charge in [-0.3, -0.25) is 14.2 Å². The largest absolute Gasteiger partial charge is 0.396 e. The molecule has 0 aliphatic rings. The third-order valence-electron chi connectivity index (χ3n) is 4.78. The van der Waals surface area contributed by atoms with Gasteiger partial charge in [-0.25, -0.2) is 9.97 Å². The fourth-order valence-corrected chi connectivity index (χ4v) is 3.39. The van der Waals surface area contributed by atoms with E-state index in [2.05, 4.69) is 15.2 Å². The first-order chi connectivity index (χ1) is 13.9. The Balaban J connectivity index is 1.87. The lowest BCUT2D eigenvalue weighted by atomic mass is 10.2. The molecule has 4 rings (SSSR count). The van der Waals surface area contributed by atoms with E-state index in [1.54, 1.807) is 24.0 Å². The van der Waals surface area contributed by atoms with Crippen molar-refractivity contribution in [1.82, 2.24) is 34.1 Å². The van der Waals surface area contributed by atoms with E-state index in [4.69, 9.17) is 15.8 Å². The lowest BCUT2D eigenvalue weighted by Crippen LogP contribution is -2.14. The SMILES string of the molecule is Cc1cc(-c2cn(C)c(-c3nc(C(N)=O)cc4c3cnn4C)n2)n(CCCO)n1. The standard InChI is InChI=1S/C19H22N8O2/c1-11-7-16(27(24-11)5-4-6-28)14-10-25(2)19(23-14)17-12-9-21-26(3)15(12)8-13(22-17)18(20)29/h7-10,28H,4-6H2,1-3H3,(H2,20,29). The second kappa shape index (κ2) is 7.13. The summed E-state index contributed by atoms with van der Waals surface area (Å²) in [7, 11) is 3.66. The minimum atomic E-state index is -0.610. The van der Waals surface area contributed by atoms with Gasteiger partial charge >= 0.3 is 0 Å². The van der Waals surface area contributed by atoms with Crippen LogP contribution in [-0.4, -0.2) is 51.7 Å². The van der Waals surface area contributed by atoms with E-state index < -0.39 is 5.91 Å². The van der Waals surface area contributed by atoms with Crippen LogP contribution in [0.5, 0.6) is 0 Å². The lowest BCUT2D eigenvalue weighted by Gasteiger charge is -2.05. The van der Waals surface area contributed by atoms with Crippen LogP contribution in [0.4, 0.5) is 0 Å². The van der Waals surface area contributed by atoms with Gasteiger partial charge < -0.3 is 15.4 Å². The normalized spacial score (nSPS) is 11.4. The van der Waals surface area contributed by atoms with Crippen molar-refractivity contribution in [3.8, 4) is 22.9 Å². The van der Waals surface area contributed by atoms with Gasteiger partial charge in [0.05, 0.1) is 23.1 Å². The van der Waals surface area contributed by atoms with Gasteiger partial charge in [0.15, 0.2) is 5.82 Å². The molecule has 10 nitrogen and oxygen atoms in total. The molecule has 4 heterocycles. The Kier molecular flexibility index (Phi) is 4.63. The quantitative estimate of drug-likeness (QED) is 0.502. The number of aliphatic hydroxyl groups is 1. The van der Waals surface area contributed by atoms with E-state index in [0.29, 0.717) is 24.5 Å². The van der Waals surface area contributed by atoms with Crippen molar-refractivity contribution >= 4 is 16.8 Å². The Labute approximate surface area is 166 Å². The first-order valence-electron chi connectivity index (χ1n) is 9.21. The van der Waals surface area contributed by atoms with Crippen LogP contribution in [-0.2, 0) is 20.6 Å². The molecular formula is C19H22N8O2. The smallest absolute Gasteiger partial charge is 0.267 e. The zero-order valence-electron chi connectivity index (χ0n) is 16.5. The third-order valence-corrected chi connectivity index (χ3v) is 4.78. The molecule has 0 unspecified atom stereocenters. The Morgan fingerprint density at radius 3 is 2.76 bits per heavy atom. The molecule has 29 heavy (non-hydrogen) atoms. The Morgan fingerprint density at radius 2 is 2.03 bits per heavy atom. The summed E-state index contributed by atoms with van der Waals surface area (Å²) >= 11 is 0. The number of amides is 1. The first kappa shape index (κ1) is 18.8. The van der Waals surface area contributed by atoms with Crippen molar-refractivity contribution in [2.45, 2.75) is 19.9 Å². The molecule has 0 aliphatic carbocycles. The highest BCUT2D eigenvalue weighted by molar-refractivity contribution is 5.99. The van der Waals surface area contributed by atoms with E-state index in [-0.39, 0.29) is 12.3 Å². The van der Waals surface area contributed by atoms with Gasteiger partial charge in [0.1, 0.15) is 17.1 Å². The van der Waals surface area contributed by atoms with Crippen LogP contribution in [0, 0.1) is 6.92 Å². The number of nitrogens with two attached hydrogens (primary N) is 1. The number of aliphatic hydroxyl groups excluding tert-OH is 1. The van der Waals surface area contributed by atoms with Crippen molar-refractivity contribution in [3.05, 3.63) is 35.9 Å². The summed E-state index contributed by atoms with van der Waals surface area (Å²) < 4.78 is 5.36. The molecule has 4 aromatic rings. The fourth-order valence-electron chi connectivity index (χ4n) is 3.39. The van der Waals surface area contributed by atoms with E-state index >= 15 is 0 Å². The number of carbonyl (C=O) groups excluding carboxylic acids is 1. The molecular weight excluding hydrogens is 372 g/mol. The number of hydrogen-bond donors (Lipinski definition) is 2. The van der Waals surface area contributed by atoms with Crippen molar-refractivity contribution < 1.29 is 9.90 Å². The van der Waals surface area contributed by atoms with Crippen LogP contribution in [0.3, 0.4) is 0 Å². The molecule has 0 aromatic carbocycles. The van der Waals surface area contributed by atoms with Gasteiger partial charge in [0.2, 0.25) is 0 Å². The van der Waals surface area contributed by atoms with Gasteiger partial charge in [-0.2, -0.15) is 10.2 Å². The summed E-state index contributed by atoms with van der Waals surface area (Å²) in [6.07, 6.45) is 4.20. The van der Waals surface area contributed by atoms with E-state index in [0.717, 1.165) is 28.0 Å². The molecule has 10 heteroatoms. The zero-order valence-corrected chi connectivity index (χ0v) is 16.5. The number of pyridine rings is 1. The maximum absolute atomic E-state index is 11.8. The van der Waals surface area contributed by atoms with Crippen molar-refractivity contribution in [1.29, 1.82) is 0 Å². The molecule has 1 amide bonds. The summed E-state index contributed by atoms with van der Waals surface area (Å²) in [6.45, 7) is 2.60. The number of hydrogen-bond acceptors (Lipinski definition) is 6. The predicted molar refractivity (Wildman–Crippen MR) is 107 cm³/mol.